The maximum Gasteiger partial charge on any atom is 0.163 e. The zero-order valence-corrected chi connectivity index (χ0v) is 9.06. The van der Waals surface area contributed by atoms with E-state index in [4.69, 9.17) is 0 Å². The summed E-state index contributed by atoms with van der Waals surface area (Å²) >= 11 is 0. The molecule has 1 aromatic rings. The Morgan fingerprint density at radius 2 is 2.12 bits per heavy atom. The Morgan fingerprint density at radius 3 is 2.69 bits per heavy atom. The third kappa shape index (κ3) is 2.07. The van der Waals surface area contributed by atoms with Gasteiger partial charge in [0.2, 0.25) is 0 Å². The highest BCUT2D eigenvalue weighted by Crippen LogP contribution is 2.30. The fourth-order valence-electron chi connectivity index (χ4n) is 2.07. The third-order valence-electron chi connectivity index (χ3n) is 2.97. The predicted molar refractivity (Wildman–Crippen MR) is 55.9 cm³/mol. The molecule has 2 rings (SSSR count). The van der Waals surface area contributed by atoms with Crippen LogP contribution in [-0.4, -0.2) is 6.54 Å². The van der Waals surface area contributed by atoms with E-state index in [0.29, 0.717) is 0 Å². The van der Waals surface area contributed by atoms with Crippen LogP contribution < -0.4 is 5.32 Å². The average molecular weight is 229 g/mol. The molecule has 1 aliphatic heterocycles. The van der Waals surface area contributed by atoms with Crippen LogP contribution in [0, 0.1) is 11.6 Å². The van der Waals surface area contributed by atoms with Crippen molar-refractivity contribution in [1.29, 1.82) is 0 Å². The molecule has 0 bridgehead atoms. The van der Waals surface area contributed by atoms with Gasteiger partial charge in [-0.3, -0.25) is 0 Å². The van der Waals surface area contributed by atoms with E-state index in [1.54, 1.807) is 0 Å². The Kier molecular flexibility index (Phi) is 3.19. The fraction of sp³-hybridized carbons (Fsp3) is 0.500. The van der Waals surface area contributed by atoms with Crippen LogP contribution in [0.3, 0.4) is 0 Å². The SMILES string of the molecule is CC(F)c1cc(F)c(F)c(C2CCCN2)c1. The zero-order valence-electron chi connectivity index (χ0n) is 9.06. The molecular weight excluding hydrogens is 215 g/mol. The van der Waals surface area contributed by atoms with E-state index in [0.717, 1.165) is 25.5 Å². The molecule has 1 aromatic carbocycles. The largest absolute Gasteiger partial charge is 0.310 e. The van der Waals surface area contributed by atoms with Crippen molar-refractivity contribution in [1.82, 2.24) is 5.32 Å². The van der Waals surface area contributed by atoms with Gasteiger partial charge in [-0.15, -0.1) is 0 Å². The number of hydrogen-bond acceptors (Lipinski definition) is 1. The van der Waals surface area contributed by atoms with Gasteiger partial charge in [-0.05, 0) is 44.0 Å². The van der Waals surface area contributed by atoms with E-state index < -0.39 is 17.8 Å². The second-order valence-electron chi connectivity index (χ2n) is 4.17. The summed E-state index contributed by atoms with van der Waals surface area (Å²) in [5.41, 5.74) is 0.444. The molecule has 1 heterocycles. The minimum Gasteiger partial charge on any atom is -0.310 e. The standard InChI is InChI=1S/C12H14F3N/c1-7(13)8-5-9(11-3-2-4-16-11)12(15)10(14)6-8/h5-7,11,16H,2-4H2,1H3. The lowest BCUT2D eigenvalue weighted by Gasteiger charge is -2.14. The van der Waals surface area contributed by atoms with Crippen LogP contribution in [0.4, 0.5) is 13.2 Å². The number of halogens is 3. The molecular formula is C12H14F3N. The van der Waals surface area contributed by atoms with Gasteiger partial charge in [0.1, 0.15) is 6.17 Å². The molecule has 0 radical (unpaired) electrons. The Labute approximate surface area is 92.7 Å². The molecule has 0 saturated carbocycles. The summed E-state index contributed by atoms with van der Waals surface area (Å²) < 4.78 is 39.9. The van der Waals surface area contributed by atoms with Crippen molar-refractivity contribution in [3.63, 3.8) is 0 Å². The lowest BCUT2D eigenvalue weighted by Crippen LogP contribution is -2.15. The molecule has 0 aromatic heterocycles. The van der Waals surface area contributed by atoms with Gasteiger partial charge in [0.25, 0.3) is 0 Å². The molecule has 1 fully saturated rings. The van der Waals surface area contributed by atoms with E-state index >= 15 is 0 Å². The third-order valence-corrected chi connectivity index (χ3v) is 2.97. The first-order valence-electron chi connectivity index (χ1n) is 5.46. The molecule has 1 nitrogen and oxygen atoms in total. The van der Waals surface area contributed by atoms with Crippen molar-refractivity contribution in [2.45, 2.75) is 32.0 Å². The van der Waals surface area contributed by atoms with Crippen LogP contribution in [0.5, 0.6) is 0 Å². The molecule has 0 spiro atoms. The van der Waals surface area contributed by atoms with Crippen molar-refractivity contribution in [3.8, 4) is 0 Å². The first-order valence-corrected chi connectivity index (χ1v) is 5.46. The van der Waals surface area contributed by atoms with Gasteiger partial charge in [-0.25, -0.2) is 13.2 Å². The summed E-state index contributed by atoms with van der Waals surface area (Å²) in [6.45, 7) is 2.11. The molecule has 0 amide bonds. The van der Waals surface area contributed by atoms with E-state index in [-0.39, 0.29) is 17.2 Å². The van der Waals surface area contributed by atoms with Crippen LogP contribution in [0.25, 0.3) is 0 Å². The topological polar surface area (TPSA) is 12.0 Å². The number of nitrogens with one attached hydrogen (secondary N) is 1. The van der Waals surface area contributed by atoms with E-state index in [2.05, 4.69) is 5.32 Å². The maximum absolute atomic E-state index is 13.6. The molecule has 4 heteroatoms. The number of alkyl halides is 1. The lowest BCUT2D eigenvalue weighted by molar-refractivity contribution is 0.369. The van der Waals surface area contributed by atoms with E-state index in [1.807, 2.05) is 0 Å². The molecule has 1 N–H and O–H groups in total. The van der Waals surface area contributed by atoms with Crippen LogP contribution in [0.15, 0.2) is 12.1 Å². The lowest BCUT2D eigenvalue weighted by atomic mass is 10.00. The summed E-state index contributed by atoms with van der Waals surface area (Å²) in [6, 6.07) is 2.16. The van der Waals surface area contributed by atoms with Crippen molar-refractivity contribution in [3.05, 3.63) is 34.9 Å². The van der Waals surface area contributed by atoms with Crippen molar-refractivity contribution >= 4 is 0 Å². The maximum atomic E-state index is 13.6. The average Bonchev–Trinajstić information content (AvgIpc) is 2.74. The second-order valence-corrected chi connectivity index (χ2v) is 4.17. The van der Waals surface area contributed by atoms with Gasteiger partial charge in [0, 0.05) is 11.6 Å². The highest BCUT2D eigenvalue weighted by Gasteiger charge is 2.23. The van der Waals surface area contributed by atoms with Crippen LogP contribution in [0.1, 0.15) is 43.1 Å². The van der Waals surface area contributed by atoms with E-state index in [1.165, 1.54) is 13.0 Å². The number of hydrogen-bond donors (Lipinski definition) is 1. The van der Waals surface area contributed by atoms with Crippen molar-refractivity contribution in [2.75, 3.05) is 6.54 Å². The first kappa shape index (κ1) is 11.5. The second kappa shape index (κ2) is 4.45. The quantitative estimate of drug-likeness (QED) is 0.819. The molecule has 2 atom stereocenters. The van der Waals surface area contributed by atoms with Crippen molar-refractivity contribution in [2.24, 2.45) is 0 Å². The molecule has 16 heavy (non-hydrogen) atoms. The Hall–Kier alpha value is -1.03. The Bertz CT molecular complexity index is 384. The summed E-state index contributed by atoms with van der Waals surface area (Å²) in [7, 11) is 0. The predicted octanol–water partition coefficient (Wildman–Crippen LogP) is 3.42. The fourth-order valence-corrected chi connectivity index (χ4v) is 2.07. The van der Waals surface area contributed by atoms with Gasteiger partial charge < -0.3 is 5.32 Å². The monoisotopic (exact) mass is 229 g/mol. The smallest absolute Gasteiger partial charge is 0.163 e. The molecule has 1 aliphatic rings. The van der Waals surface area contributed by atoms with Crippen LogP contribution in [-0.2, 0) is 0 Å². The normalized spacial score (nSPS) is 22.4. The minimum atomic E-state index is -1.28. The van der Waals surface area contributed by atoms with Gasteiger partial charge in [0.15, 0.2) is 11.6 Å². The number of benzene rings is 1. The first-order chi connectivity index (χ1) is 7.59. The molecule has 1 saturated heterocycles. The van der Waals surface area contributed by atoms with Gasteiger partial charge in [-0.1, -0.05) is 0 Å². The minimum absolute atomic E-state index is 0.187. The summed E-state index contributed by atoms with van der Waals surface area (Å²) in [4.78, 5) is 0. The zero-order chi connectivity index (χ0) is 11.7. The van der Waals surface area contributed by atoms with Crippen LogP contribution in [0.2, 0.25) is 0 Å². The van der Waals surface area contributed by atoms with Gasteiger partial charge >= 0.3 is 0 Å². The number of rotatable bonds is 2. The van der Waals surface area contributed by atoms with Gasteiger partial charge in [-0.2, -0.15) is 0 Å². The summed E-state index contributed by atoms with van der Waals surface area (Å²) in [5.74, 6) is -1.82. The summed E-state index contributed by atoms with van der Waals surface area (Å²) in [5, 5.41) is 3.08. The Balaban J connectivity index is 2.41. The summed E-state index contributed by atoms with van der Waals surface area (Å²) in [6.07, 6.45) is 0.414. The molecule has 0 aliphatic carbocycles. The van der Waals surface area contributed by atoms with Gasteiger partial charge in [0.05, 0.1) is 0 Å². The van der Waals surface area contributed by atoms with Crippen LogP contribution >= 0.6 is 0 Å². The highest BCUT2D eigenvalue weighted by atomic mass is 19.2. The van der Waals surface area contributed by atoms with E-state index in [9.17, 15) is 13.2 Å². The Morgan fingerprint density at radius 1 is 1.38 bits per heavy atom. The molecule has 88 valence electrons. The highest BCUT2D eigenvalue weighted by molar-refractivity contribution is 5.30. The molecule has 2 unspecified atom stereocenters. The van der Waals surface area contributed by atoms with Crippen molar-refractivity contribution < 1.29 is 13.2 Å².